The first-order valence-electron chi connectivity index (χ1n) is 9.74. The van der Waals surface area contributed by atoms with Crippen molar-refractivity contribution in [2.24, 2.45) is 10.9 Å². The number of guanidine groups is 1. The zero-order valence-corrected chi connectivity index (χ0v) is 20.9. The van der Waals surface area contributed by atoms with Gasteiger partial charge in [-0.3, -0.25) is 4.99 Å². The van der Waals surface area contributed by atoms with Gasteiger partial charge in [0.05, 0.1) is 5.75 Å². The Morgan fingerprint density at radius 1 is 1.00 bits per heavy atom. The van der Waals surface area contributed by atoms with Gasteiger partial charge in [-0.1, -0.05) is 51.0 Å². The topological polar surface area (TPSA) is 82.6 Å². The Morgan fingerprint density at radius 2 is 1.61 bits per heavy atom. The van der Waals surface area contributed by atoms with E-state index in [2.05, 4.69) is 34.2 Å². The molecule has 1 aromatic rings. The molecule has 3 N–H and O–H groups in total. The van der Waals surface area contributed by atoms with Crippen LogP contribution in [0.2, 0.25) is 0 Å². The van der Waals surface area contributed by atoms with Crippen LogP contribution in [0.15, 0.2) is 29.3 Å². The second-order valence-electron chi connectivity index (χ2n) is 7.59. The van der Waals surface area contributed by atoms with E-state index < -0.39 is 10.0 Å². The van der Waals surface area contributed by atoms with E-state index in [4.69, 9.17) is 0 Å². The van der Waals surface area contributed by atoms with Crippen LogP contribution in [0.1, 0.15) is 58.1 Å². The van der Waals surface area contributed by atoms with Crippen molar-refractivity contribution >= 4 is 40.0 Å². The smallest absolute Gasteiger partial charge is 0.216 e. The number of nitrogens with one attached hydrogen (secondary N) is 3. The van der Waals surface area contributed by atoms with Gasteiger partial charge in [0.2, 0.25) is 10.0 Å². The summed E-state index contributed by atoms with van der Waals surface area (Å²) < 4.78 is 26.6. The molecule has 0 saturated heterocycles. The van der Waals surface area contributed by atoms with Crippen molar-refractivity contribution < 1.29 is 8.42 Å². The van der Waals surface area contributed by atoms with E-state index in [0.717, 1.165) is 36.0 Å². The van der Waals surface area contributed by atoms with Crippen LogP contribution in [-0.2, 0) is 22.3 Å². The number of halogens is 1. The van der Waals surface area contributed by atoms with E-state index in [0.29, 0.717) is 6.54 Å². The van der Waals surface area contributed by atoms with Crippen LogP contribution < -0.4 is 15.4 Å². The minimum Gasteiger partial charge on any atom is -0.356 e. The van der Waals surface area contributed by atoms with Crippen LogP contribution in [0.3, 0.4) is 0 Å². The van der Waals surface area contributed by atoms with Gasteiger partial charge in [0.1, 0.15) is 0 Å². The Hall–Kier alpha value is -0.870. The van der Waals surface area contributed by atoms with Crippen LogP contribution >= 0.6 is 24.0 Å². The summed E-state index contributed by atoms with van der Waals surface area (Å²) in [7, 11) is -1.53. The summed E-state index contributed by atoms with van der Waals surface area (Å²) in [6.45, 7) is 9.68. The molecular weight excluding hydrogens is 487 g/mol. The molecule has 162 valence electrons. The van der Waals surface area contributed by atoms with E-state index in [-0.39, 0.29) is 35.8 Å². The first-order chi connectivity index (χ1) is 12.7. The molecule has 28 heavy (non-hydrogen) atoms. The summed E-state index contributed by atoms with van der Waals surface area (Å²) in [5.41, 5.74) is 1.86. The monoisotopic (exact) mass is 524 g/mol. The van der Waals surface area contributed by atoms with Gasteiger partial charge in [-0.2, -0.15) is 0 Å². The van der Waals surface area contributed by atoms with Crippen molar-refractivity contribution in [1.82, 2.24) is 15.4 Å². The number of nitrogens with zero attached hydrogens (tertiary/aromatic N) is 1. The molecule has 0 radical (unpaired) electrons. The summed E-state index contributed by atoms with van der Waals surface area (Å²) in [4.78, 5) is 4.24. The van der Waals surface area contributed by atoms with Crippen LogP contribution in [-0.4, -0.2) is 34.0 Å². The second-order valence-corrected chi connectivity index (χ2v) is 9.34. The lowest BCUT2D eigenvalue weighted by molar-refractivity contribution is 0.534. The number of rotatable bonds is 11. The number of benzene rings is 1. The van der Waals surface area contributed by atoms with Crippen molar-refractivity contribution in [2.45, 2.75) is 65.3 Å². The van der Waals surface area contributed by atoms with E-state index in [1.54, 1.807) is 7.05 Å². The van der Waals surface area contributed by atoms with Crippen LogP contribution in [0.5, 0.6) is 0 Å². The third-order valence-electron chi connectivity index (χ3n) is 3.98. The molecule has 8 heteroatoms. The predicted octanol–water partition coefficient (Wildman–Crippen LogP) is 3.62. The van der Waals surface area contributed by atoms with Crippen LogP contribution in [0.25, 0.3) is 0 Å². The third kappa shape index (κ3) is 12.6. The van der Waals surface area contributed by atoms with Gasteiger partial charge in [-0.15, -0.1) is 24.0 Å². The molecule has 0 bridgehead atoms. The molecule has 0 aliphatic carbocycles. The van der Waals surface area contributed by atoms with Gasteiger partial charge in [0, 0.05) is 26.2 Å². The Labute approximate surface area is 188 Å². The molecule has 0 aromatic heterocycles. The fraction of sp³-hybridized carbons (Fsp3) is 0.650. The summed E-state index contributed by atoms with van der Waals surface area (Å²) in [5, 5.41) is 6.61. The lowest BCUT2D eigenvalue weighted by Gasteiger charge is -2.13. The van der Waals surface area contributed by atoms with Gasteiger partial charge in [0.15, 0.2) is 5.96 Å². The summed E-state index contributed by atoms with van der Waals surface area (Å²) >= 11 is 0. The quantitative estimate of drug-likeness (QED) is 0.179. The van der Waals surface area contributed by atoms with E-state index in [1.807, 2.05) is 38.1 Å². The van der Waals surface area contributed by atoms with Gasteiger partial charge < -0.3 is 10.6 Å². The predicted molar refractivity (Wildman–Crippen MR) is 130 cm³/mol. The van der Waals surface area contributed by atoms with Crippen LogP contribution in [0.4, 0.5) is 0 Å². The molecule has 0 aliphatic heterocycles. The fourth-order valence-corrected chi connectivity index (χ4v) is 4.10. The maximum absolute atomic E-state index is 12.0. The Bertz CT molecular complexity index is 674. The average molecular weight is 525 g/mol. The molecule has 0 atom stereocenters. The number of hydrogen-bond donors (Lipinski definition) is 3. The number of sulfonamides is 1. The Balaban J connectivity index is 0.00000729. The molecule has 6 nitrogen and oxygen atoms in total. The lowest BCUT2D eigenvalue weighted by Crippen LogP contribution is -2.37. The van der Waals surface area contributed by atoms with Crippen molar-refractivity contribution in [3.05, 3.63) is 35.4 Å². The molecule has 0 saturated carbocycles. The number of aliphatic imine (C=N–C) groups is 1. The average Bonchev–Trinajstić information content (AvgIpc) is 2.56. The molecule has 0 spiro atoms. The lowest BCUT2D eigenvalue weighted by atomic mass is 10.1. The minimum absolute atomic E-state index is 0. The normalized spacial score (nSPS) is 12.2. The minimum atomic E-state index is -3.29. The summed E-state index contributed by atoms with van der Waals surface area (Å²) in [5.74, 6) is 1.53. The zero-order valence-electron chi connectivity index (χ0n) is 17.8. The van der Waals surface area contributed by atoms with E-state index >= 15 is 0 Å². The molecular formula is C20H37IN4O2S. The maximum Gasteiger partial charge on any atom is 0.216 e. The first kappa shape index (κ1) is 27.1. The standard InChI is InChI=1S/C20H36N4O2S.HI/c1-16(2)8-6-7-13-22-20(21-5)23-14-18-9-11-19(12-10-18)15-27(25,26)24-17(3)4;/h9-12,16-17,24H,6-8,13-15H2,1-5H3,(H2,21,22,23);1H. The highest BCUT2D eigenvalue weighted by atomic mass is 127. The highest BCUT2D eigenvalue weighted by molar-refractivity contribution is 14.0. The van der Waals surface area contributed by atoms with Crippen molar-refractivity contribution in [3.8, 4) is 0 Å². The SMILES string of the molecule is CN=C(NCCCCC(C)C)NCc1ccc(CS(=O)(=O)NC(C)C)cc1.I. The number of hydrogen-bond acceptors (Lipinski definition) is 3. The van der Waals surface area contributed by atoms with E-state index in [9.17, 15) is 8.42 Å². The Morgan fingerprint density at radius 3 is 2.14 bits per heavy atom. The largest absolute Gasteiger partial charge is 0.356 e. The van der Waals surface area contributed by atoms with Gasteiger partial charge in [-0.05, 0) is 37.3 Å². The van der Waals surface area contributed by atoms with Crippen molar-refractivity contribution in [3.63, 3.8) is 0 Å². The Kier molecular flexibility index (Phi) is 13.7. The number of unbranched alkanes of at least 4 members (excludes halogenated alkanes) is 1. The summed E-state index contributed by atoms with van der Waals surface area (Å²) in [6.07, 6.45) is 3.60. The molecule has 0 aliphatic rings. The first-order valence-corrected chi connectivity index (χ1v) is 11.4. The molecule has 0 amide bonds. The molecule has 1 aromatic carbocycles. The molecule has 0 heterocycles. The van der Waals surface area contributed by atoms with Crippen molar-refractivity contribution in [1.29, 1.82) is 0 Å². The highest BCUT2D eigenvalue weighted by Gasteiger charge is 2.12. The maximum atomic E-state index is 12.0. The van der Waals surface area contributed by atoms with Crippen LogP contribution in [0, 0.1) is 5.92 Å². The zero-order chi connectivity index (χ0) is 20.3. The van der Waals surface area contributed by atoms with Gasteiger partial charge >= 0.3 is 0 Å². The second kappa shape index (κ2) is 14.2. The molecule has 0 unspecified atom stereocenters. The van der Waals surface area contributed by atoms with E-state index in [1.165, 1.54) is 12.8 Å². The summed E-state index contributed by atoms with van der Waals surface area (Å²) in [6, 6.07) is 7.52. The fourth-order valence-electron chi connectivity index (χ4n) is 2.66. The highest BCUT2D eigenvalue weighted by Crippen LogP contribution is 2.08. The van der Waals surface area contributed by atoms with Gasteiger partial charge in [0.25, 0.3) is 0 Å². The molecule has 1 rings (SSSR count). The van der Waals surface area contributed by atoms with Gasteiger partial charge in [-0.25, -0.2) is 13.1 Å². The third-order valence-corrected chi connectivity index (χ3v) is 5.52. The van der Waals surface area contributed by atoms with Crippen molar-refractivity contribution in [2.75, 3.05) is 13.6 Å². The molecule has 0 fully saturated rings.